The Morgan fingerprint density at radius 1 is 1.31 bits per heavy atom. The number of amides is 1. The van der Waals surface area contributed by atoms with Gasteiger partial charge in [-0.05, 0) is 49.9 Å². The minimum absolute atomic E-state index is 0.102. The van der Waals surface area contributed by atoms with Crippen molar-refractivity contribution in [2.24, 2.45) is 5.92 Å². The summed E-state index contributed by atoms with van der Waals surface area (Å²) in [5.41, 5.74) is 2.69. The van der Waals surface area contributed by atoms with Crippen LogP contribution in [0.15, 0.2) is 28.8 Å². The molecule has 2 aromatic rings. The third-order valence-corrected chi connectivity index (χ3v) is 6.22. The molecule has 2 heterocycles. The topological polar surface area (TPSA) is 61.6 Å². The predicted octanol–water partition coefficient (Wildman–Crippen LogP) is 3.39. The fraction of sp³-hybridized carbons (Fsp3) is 0.545. The van der Waals surface area contributed by atoms with E-state index >= 15 is 0 Å². The number of piperazine rings is 1. The lowest BCUT2D eigenvalue weighted by Gasteiger charge is -2.36. The Hall–Kier alpha value is -2.05. The van der Waals surface area contributed by atoms with E-state index in [2.05, 4.69) is 33.3 Å². The van der Waals surface area contributed by atoms with E-state index in [1.165, 1.54) is 5.69 Å². The van der Waals surface area contributed by atoms with E-state index in [1.54, 1.807) is 0 Å². The number of nitrogens with zero attached hydrogens (tertiary/aromatic N) is 3. The van der Waals surface area contributed by atoms with Crippen LogP contribution in [0.4, 0.5) is 5.69 Å². The van der Waals surface area contributed by atoms with Gasteiger partial charge in [0.2, 0.25) is 0 Å². The van der Waals surface area contributed by atoms with Gasteiger partial charge in [0, 0.05) is 55.4 Å². The summed E-state index contributed by atoms with van der Waals surface area (Å²) in [6.45, 7) is 7.89. The fourth-order valence-corrected chi connectivity index (χ4v) is 4.43. The van der Waals surface area contributed by atoms with Gasteiger partial charge < -0.3 is 14.7 Å². The second-order valence-corrected chi connectivity index (χ2v) is 8.64. The molecule has 1 N–H and O–H groups in total. The Kier molecular flexibility index (Phi) is 6.40. The van der Waals surface area contributed by atoms with Gasteiger partial charge in [-0.15, -0.1) is 0 Å². The molecule has 2 aliphatic rings. The van der Waals surface area contributed by atoms with E-state index in [1.807, 2.05) is 18.2 Å². The van der Waals surface area contributed by atoms with E-state index in [4.69, 9.17) is 16.1 Å². The van der Waals surface area contributed by atoms with Crippen LogP contribution in [0.2, 0.25) is 5.02 Å². The molecule has 1 aliphatic carbocycles. The first kappa shape index (κ1) is 20.2. The minimum Gasteiger partial charge on any atom is -0.369 e. The summed E-state index contributed by atoms with van der Waals surface area (Å²) in [4.78, 5) is 17.3. The van der Waals surface area contributed by atoms with Crippen LogP contribution in [0.5, 0.6) is 0 Å². The van der Waals surface area contributed by atoms with Gasteiger partial charge in [0.25, 0.3) is 5.91 Å². The highest BCUT2D eigenvalue weighted by Crippen LogP contribution is 2.27. The molecular formula is C22H29ClN4O2. The van der Waals surface area contributed by atoms with E-state index in [0.717, 1.165) is 74.8 Å². The van der Waals surface area contributed by atoms with Crippen molar-refractivity contribution in [3.8, 4) is 0 Å². The molecule has 1 aromatic heterocycles. The third-order valence-electron chi connectivity index (χ3n) is 5.98. The quantitative estimate of drug-likeness (QED) is 0.731. The van der Waals surface area contributed by atoms with E-state index in [9.17, 15) is 4.79 Å². The molecule has 0 saturated carbocycles. The van der Waals surface area contributed by atoms with Crippen LogP contribution in [0.1, 0.15) is 41.6 Å². The summed E-state index contributed by atoms with van der Waals surface area (Å²) in [6, 6.07) is 8.04. The van der Waals surface area contributed by atoms with Crippen LogP contribution in [-0.4, -0.2) is 55.2 Å². The molecule has 4 rings (SSSR count). The number of fused-ring (bicyclic) bond motifs is 1. The molecule has 1 amide bonds. The molecule has 0 bridgehead atoms. The van der Waals surface area contributed by atoms with Crippen molar-refractivity contribution in [1.82, 2.24) is 15.4 Å². The molecule has 156 valence electrons. The summed E-state index contributed by atoms with van der Waals surface area (Å²) in [7, 11) is 0. The monoisotopic (exact) mass is 416 g/mol. The van der Waals surface area contributed by atoms with E-state index in [-0.39, 0.29) is 5.91 Å². The number of hydrogen-bond acceptors (Lipinski definition) is 5. The maximum absolute atomic E-state index is 12.5. The van der Waals surface area contributed by atoms with Crippen molar-refractivity contribution in [3.05, 3.63) is 46.3 Å². The number of aryl methyl sites for hydroxylation is 1. The maximum Gasteiger partial charge on any atom is 0.273 e. The molecule has 1 atom stereocenters. The molecule has 1 aromatic carbocycles. The van der Waals surface area contributed by atoms with Crippen LogP contribution in [-0.2, 0) is 12.8 Å². The van der Waals surface area contributed by atoms with E-state index in [0.29, 0.717) is 18.2 Å². The lowest BCUT2D eigenvalue weighted by Crippen LogP contribution is -2.47. The number of halogens is 1. The first-order chi connectivity index (χ1) is 14.1. The SMILES string of the molecule is C[C@@H]1CCc2onc(C(=O)NCCCN3CCN(c4cccc(Cl)c4)CC3)c2C1. The average Bonchev–Trinajstić information content (AvgIpc) is 3.14. The van der Waals surface area contributed by atoms with Crippen molar-refractivity contribution < 1.29 is 9.32 Å². The number of nitrogens with one attached hydrogen (secondary N) is 1. The lowest BCUT2D eigenvalue weighted by atomic mass is 9.88. The molecule has 0 spiro atoms. The van der Waals surface area contributed by atoms with Gasteiger partial charge in [0.15, 0.2) is 5.69 Å². The van der Waals surface area contributed by atoms with Gasteiger partial charge in [0.05, 0.1) is 0 Å². The standard InChI is InChI=1S/C22H29ClN4O2/c1-16-6-7-20-19(14-16)21(25-29-20)22(28)24-8-3-9-26-10-12-27(13-11-26)18-5-2-4-17(23)15-18/h2,4-5,15-16H,3,6-14H2,1H3,(H,24,28)/t16-/m1/s1. The van der Waals surface area contributed by atoms with Gasteiger partial charge in [-0.3, -0.25) is 9.69 Å². The van der Waals surface area contributed by atoms with Crippen molar-refractivity contribution >= 4 is 23.2 Å². The molecule has 0 radical (unpaired) electrons. The van der Waals surface area contributed by atoms with Gasteiger partial charge in [0.1, 0.15) is 5.76 Å². The number of hydrogen-bond donors (Lipinski definition) is 1. The molecule has 0 unspecified atom stereocenters. The number of rotatable bonds is 6. The fourth-order valence-electron chi connectivity index (χ4n) is 4.25. The minimum atomic E-state index is -0.102. The van der Waals surface area contributed by atoms with Crippen molar-refractivity contribution in [3.63, 3.8) is 0 Å². The number of aromatic nitrogens is 1. The number of benzene rings is 1. The second kappa shape index (κ2) is 9.18. The van der Waals surface area contributed by atoms with Crippen LogP contribution in [0.25, 0.3) is 0 Å². The highest BCUT2D eigenvalue weighted by molar-refractivity contribution is 6.30. The lowest BCUT2D eigenvalue weighted by molar-refractivity contribution is 0.0941. The van der Waals surface area contributed by atoms with Crippen molar-refractivity contribution in [1.29, 1.82) is 0 Å². The second-order valence-electron chi connectivity index (χ2n) is 8.20. The summed E-state index contributed by atoms with van der Waals surface area (Å²) in [6.07, 6.45) is 3.81. The van der Waals surface area contributed by atoms with Gasteiger partial charge in [-0.1, -0.05) is 29.7 Å². The van der Waals surface area contributed by atoms with Gasteiger partial charge >= 0.3 is 0 Å². The Balaban J connectivity index is 1.18. The number of carbonyl (C=O) groups is 1. The number of carbonyl (C=O) groups excluding carboxylic acids is 1. The van der Waals surface area contributed by atoms with Crippen LogP contribution >= 0.6 is 11.6 Å². The Labute approximate surface area is 177 Å². The maximum atomic E-state index is 12.5. The summed E-state index contributed by atoms with van der Waals surface area (Å²) in [5.74, 6) is 1.37. The largest absolute Gasteiger partial charge is 0.369 e. The zero-order chi connectivity index (χ0) is 20.2. The molecule has 7 heteroatoms. The zero-order valence-corrected chi connectivity index (χ0v) is 17.7. The smallest absolute Gasteiger partial charge is 0.273 e. The predicted molar refractivity (Wildman–Crippen MR) is 115 cm³/mol. The van der Waals surface area contributed by atoms with Crippen LogP contribution in [0.3, 0.4) is 0 Å². The molecule has 1 fully saturated rings. The molecule has 6 nitrogen and oxygen atoms in total. The molecule has 1 saturated heterocycles. The highest BCUT2D eigenvalue weighted by atomic mass is 35.5. The summed E-state index contributed by atoms with van der Waals surface area (Å²) < 4.78 is 5.38. The summed E-state index contributed by atoms with van der Waals surface area (Å²) >= 11 is 6.10. The van der Waals surface area contributed by atoms with Crippen molar-refractivity contribution in [2.45, 2.75) is 32.6 Å². The van der Waals surface area contributed by atoms with Crippen LogP contribution < -0.4 is 10.2 Å². The van der Waals surface area contributed by atoms with Crippen molar-refractivity contribution in [2.75, 3.05) is 44.2 Å². The summed E-state index contributed by atoms with van der Waals surface area (Å²) in [5, 5.41) is 7.83. The average molecular weight is 417 g/mol. The first-order valence-electron chi connectivity index (χ1n) is 10.6. The zero-order valence-electron chi connectivity index (χ0n) is 17.0. The Morgan fingerprint density at radius 2 is 2.14 bits per heavy atom. The number of anilines is 1. The molecule has 29 heavy (non-hydrogen) atoms. The van der Waals surface area contributed by atoms with Crippen LogP contribution in [0, 0.1) is 5.92 Å². The molecule has 1 aliphatic heterocycles. The Bertz CT molecular complexity index is 845. The Morgan fingerprint density at radius 3 is 2.93 bits per heavy atom. The highest BCUT2D eigenvalue weighted by Gasteiger charge is 2.26. The third kappa shape index (κ3) is 4.93. The normalized spacial score (nSPS) is 19.8. The van der Waals surface area contributed by atoms with Gasteiger partial charge in [-0.25, -0.2) is 0 Å². The molecular weight excluding hydrogens is 388 g/mol. The van der Waals surface area contributed by atoms with E-state index < -0.39 is 0 Å². The van der Waals surface area contributed by atoms with Gasteiger partial charge in [-0.2, -0.15) is 0 Å². The first-order valence-corrected chi connectivity index (χ1v) is 11.0.